The van der Waals surface area contributed by atoms with Crippen molar-refractivity contribution in [1.29, 1.82) is 0 Å². The van der Waals surface area contributed by atoms with Gasteiger partial charge in [-0.3, -0.25) is 0 Å². The third-order valence-corrected chi connectivity index (χ3v) is 4.12. The topological polar surface area (TPSA) is 56.7 Å². The van der Waals surface area contributed by atoms with Crippen LogP contribution in [0.5, 0.6) is 0 Å². The highest BCUT2D eigenvalue weighted by atomic mass is 32.1. The molecule has 5 heteroatoms. The summed E-state index contributed by atoms with van der Waals surface area (Å²) in [5.74, 6) is 0.534. The molecule has 0 fully saturated rings. The van der Waals surface area contributed by atoms with Crippen LogP contribution < -0.4 is 5.73 Å². The number of hydrogen-bond donors (Lipinski definition) is 1. The van der Waals surface area contributed by atoms with Crippen molar-refractivity contribution >= 4 is 17.2 Å². The lowest BCUT2D eigenvalue weighted by atomic mass is 10.2. The Morgan fingerprint density at radius 2 is 2.26 bits per heavy atom. The molecule has 0 bridgehead atoms. The van der Waals surface area contributed by atoms with E-state index >= 15 is 0 Å². The fourth-order valence-corrected chi connectivity index (χ4v) is 2.93. The van der Waals surface area contributed by atoms with Gasteiger partial charge in [-0.05, 0) is 36.1 Å². The molecular weight excluding hydrogens is 256 g/mol. The number of aromatic nitrogens is 3. The van der Waals surface area contributed by atoms with Crippen molar-refractivity contribution in [2.24, 2.45) is 0 Å². The molecular formula is C14H14N4S. The van der Waals surface area contributed by atoms with Gasteiger partial charge < -0.3 is 10.3 Å². The van der Waals surface area contributed by atoms with Crippen molar-refractivity contribution in [3.8, 4) is 11.3 Å². The van der Waals surface area contributed by atoms with Crippen molar-refractivity contribution in [1.82, 2.24) is 14.5 Å². The largest absolute Gasteiger partial charge is 0.383 e. The fourth-order valence-electron chi connectivity index (χ4n) is 2.03. The first-order valence-electron chi connectivity index (χ1n) is 5.99. The standard InChI is InChI=1S/C14H14N4S/c1-10-4-6-19-13(10)8-18-9-16-7-12(18)11-3-2-5-17-14(11)15/h2-7,9H,8H2,1H3,(H2,15,17). The number of anilines is 1. The third-order valence-electron chi connectivity index (χ3n) is 3.11. The zero-order valence-electron chi connectivity index (χ0n) is 10.6. The Morgan fingerprint density at radius 1 is 1.37 bits per heavy atom. The van der Waals surface area contributed by atoms with E-state index in [-0.39, 0.29) is 0 Å². The van der Waals surface area contributed by atoms with Crippen LogP contribution >= 0.6 is 11.3 Å². The zero-order chi connectivity index (χ0) is 13.2. The van der Waals surface area contributed by atoms with Gasteiger partial charge in [0.1, 0.15) is 5.82 Å². The Balaban J connectivity index is 2.00. The van der Waals surface area contributed by atoms with Crippen LogP contribution in [0.1, 0.15) is 10.4 Å². The predicted molar refractivity (Wildman–Crippen MR) is 78.0 cm³/mol. The van der Waals surface area contributed by atoms with Crippen LogP contribution in [0, 0.1) is 6.92 Å². The molecule has 2 N–H and O–H groups in total. The van der Waals surface area contributed by atoms with Gasteiger partial charge in [0.25, 0.3) is 0 Å². The van der Waals surface area contributed by atoms with E-state index in [4.69, 9.17) is 5.73 Å². The molecule has 3 aromatic heterocycles. The van der Waals surface area contributed by atoms with Gasteiger partial charge in [-0.15, -0.1) is 11.3 Å². The molecule has 0 aromatic carbocycles. The molecule has 0 spiro atoms. The first-order valence-corrected chi connectivity index (χ1v) is 6.87. The molecule has 0 amide bonds. The van der Waals surface area contributed by atoms with Gasteiger partial charge in [-0.25, -0.2) is 9.97 Å². The quantitative estimate of drug-likeness (QED) is 0.796. The molecule has 4 nitrogen and oxygen atoms in total. The summed E-state index contributed by atoms with van der Waals surface area (Å²) in [4.78, 5) is 9.70. The number of aryl methyl sites for hydroxylation is 1. The molecule has 0 saturated carbocycles. The highest BCUT2D eigenvalue weighted by Gasteiger charge is 2.10. The maximum absolute atomic E-state index is 5.93. The number of nitrogens with zero attached hydrogens (tertiary/aromatic N) is 3. The first-order chi connectivity index (χ1) is 9.25. The Bertz CT molecular complexity index is 699. The Labute approximate surface area is 115 Å². The molecule has 0 radical (unpaired) electrons. The minimum absolute atomic E-state index is 0.534. The molecule has 96 valence electrons. The number of pyridine rings is 1. The van der Waals surface area contributed by atoms with Gasteiger partial charge in [-0.2, -0.15) is 0 Å². The van der Waals surface area contributed by atoms with E-state index in [1.165, 1.54) is 10.4 Å². The van der Waals surface area contributed by atoms with E-state index in [1.807, 2.05) is 24.7 Å². The molecule has 0 aliphatic rings. The fraction of sp³-hybridized carbons (Fsp3) is 0.143. The minimum Gasteiger partial charge on any atom is -0.383 e. The summed E-state index contributed by atoms with van der Waals surface area (Å²) in [6.07, 6.45) is 5.36. The van der Waals surface area contributed by atoms with Crippen LogP contribution in [-0.2, 0) is 6.54 Å². The van der Waals surface area contributed by atoms with Crippen molar-refractivity contribution in [3.05, 3.63) is 52.7 Å². The smallest absolute Gasteiger partial charge is 0.132 e. The van der Waals surface area contributed by atoms with Gasteiger partial charge in [0.05, 0.1) is 24.8 Å². The molecule has 0 unspecified atom stereocenters. The average Bonchev–Trinajstić information content (AvgIpc) is 3.01. The molecule has 3 aromatic rings. The number of thiophene rings is 1. The maximum atomic E-state index is 5.93. The van der Waals surface area contributed by atoms with Crippen LogP contribution in [0.4, 0.5) is 5.82 Å². The number of imidazole rings is 1. The van der Waals surface area contributed by atoms with Crippen molar-refractivity contribution in [2.45, 2.75) is 13.5 Å². The number of nitrogens with two attached hydrogens (primary N) is 1. The lowest BCUT2D eigenvalue weighted by Crippen LogP contribution is -2.02. The Kier molecular flexibility index (Phi) is 3.05. The lowest BCUT2D eigenvalue weighted by molar-refractivity contribution is 0.813. The molecule has 0 aliphatic heterocycles. The van der Waals surface area contributed by atoms with E-state index in [0.717, 1.165) is 17.8 Å². The van der Waals surface area contributed by atoms with E-state index in [1.54, 1.807) is 17.5 Å². The molecule has 0 atom stereocenters. The Morgan fingerprint density at radius 3 is 3.00 bits per heavy atom. The highest BCUT2D eigenvalue weighted by molar-refractivity contribution is 7.10. The van der Waals surface area contributed by atoms with Crippen LogP contribution in [0.2, 0.25) is 0 Å². The summed E-state index contributed by atoms with van der Waals surface area (Å²) < 4.78 is 2.10. The molecule has 3 heterocycles. The van der Waals surface area contributed by atoms with Crippen molar-refractivity contribution in [2.75, 3.05) is 5.73 Å². The van der Waals surface area contributed by atoms with E-state index in [0.29, 0.717) is 5.82 Å². The molecule has 0 saturated heterocycles. The van der Waals surface area contributed by atoms with Crippen LogP contribution in [0.15, 0.2) is 42.3 Å². The zero-order valence-corrected chi connectivity index (χ0v) is 11.4. The molecule has 0 aliphatic carbocycles. The Hall–Kier alpha value is -2.14. The number of rotatable bonds is 3. The van der Waals surface area contributed by atoms with Crippen molar-refractivity contribution in [3.63, 3.8) is 0 Å². The van der Waals surface area contributed by atoms with Crippen LogP contribution in [0.25, 0.3) is 11.3 Å². The highest BCUT2D eigenvalue weighted by Crippen LogP contribution is 2.25. The van der Waals surface area contributed by atoms with Gasteiger partial charge in [0.2, 0.25) is 0 Å². The van der Waals surface area contributed by atoms with Crippen LogP contribution in [0.3, 0.4) is 0 Å². The third kappa shape index (κ3) is 2.24. The second-order valence-corrected chi connectivity index (χ2v) is 5.37. The second-order valence-electron chi connectivity index (χ2n) is 4.37. The van der Waals surface area contributed by atoms with Crippen molar-refractivity contribution < 1.29 is 0 Å². The van der Waals surface area contributed by atoms with Gasteiger partial charge in [-0.1, -0.05) is 0 Å². The van der Waals surface area contributed by atoms with E-state index < -0.39 is 0 Å². The first kappa shape index (κ1) is 11.9. The molecule has 19 heavy (non-hydrogen) atoms. The summed E-state index contributed by atoms with van der Waals surface area (Å²) in [7, 11) is 0. The average molecular weight is 270 g/mol. The van der Waals surface area contributed by atoms with Gasteiger partial charge >= 0.3 is 0 Å². The summed E-state index contributed by atoms with van der Waals surface area (Å²) in [5.41, 5.74) is 9.17. The number of hydrogen-bond acceptors (Lipinski definition) is 4. The van der Waals surface area contributed by atoms with Crippen LogP contribution in [-0.4, -0.2) is 14.5 Å². The molecule has 3 rings (SSSR count). The monoisotopic (exact) mass is 270 g/mol. The SMILES string of the molecule is Cc1ccsc1Cn1cncc1-c1cccnc1N. The second kappa shape index (κ2) is 4.85. The minimum atomic E-state index is 0.534. The lowest BCUT2D eigenvalue weighted by Gasteiger charge is -2.09. The predicted octanol–water partition coefficient (Wildman–Crippen LogP) is 2.95. The van der Waals surface area contributed by atoms with E-state index in [2.05, 4.69) is 32.9 Å². The summed E-state index contributed by atoms with van der Waals surface area (Å²) >= 11 is 1.76. The normalized spacial score (nSPS) is 10.8. The summed E-state index contributed by atoms with van der Waals surface area (Å²) in [6, 6.07) is 5.99. The summed E-state index contributed by atoms with van der Waals surface area (Å²) in [6.45, 7) is 2.94. The number of nitrogen functional groups attached to an aromatic ring is 1. The van der Waals surface area contributed by atoms with Gasteiger partial charge in [0.15, 0.2) is 0 Å². The van der Waals surface area contributed by atoms with E-state index in [9.17, 15) is 0 Å². The maximum Gasteiger partial charge on any atom is 0.132 e. The van der Waals surface area contributed by atoms with Gasteiger partial charge in [0, 0.05) is 16.6 Å². The summed E-state index contributed by atoms with van der Waals surface area (Å²) in [5, 5.41) is 2.11.